The Kier molecular flexibility index (Phi) is 5.39. The average molecular weight is 389 g/mol. The predicted molar refractivity (Wildman–Crippen MR) is 99.7 cm³/mol. The number of hydrogen-bond acceptors (Lipinski definition) is 4. The van der Waals surface area contributed by atoms with Gasteiger partial charge < -0.3 is 10.5 Å². The van der Waals surface area contributed by atoms with E-state index in [9.17, 15) is 18.0 Å². The van der Waals surface area contributed by atoms with Crippen molar-refractivity contribution < 1.29 is 22.7 Å². The number of guanidine groups is 1. The Labute approximate surface area is 159 Å². The van der Waals surface area contributed by atoms with Crippen molar-refractivity contribution >= 4 is 17.9 Å². The molecule has 0 fully saturated rings. The number of benzene rings is 2. The Morgan fingerprint density at radius 1 is 1.21 bits per heavy atom. The van der Waals surface area contributed by atoms with Crippen LogP contribution in [-0.4, -0.2) is 37.1 Å². The zero-order valence-corrected chi connectivity index (χ0v) is 15.0. The summed E-state index contributed by atoms with van der Waals surface area (Å²) in [5.74, 6) is -0.397. The Morgan fingerprint density at radius 3 is 2.50 bits per heavy atom. The van der Waals surface area contributed by atoms with Crippen LogP contribution in [0.5, 0.6) is 5.75 Å². The molecule has 0 saturated heterocycles. The van der Waals surface area contributed by atoms with Crippen molar-refractivity contribution in [3.63, 3.8) is 0 Å². The minimum atomic E-state index is -2.95. The van der Waals surface area contributed by atoms with E-state index in [0.29, 0.717) is 16.7 Å². The van der Waals surface area contributed by atoms with Crippen molar-refractivity contribution in [2.24, 2.45) is 10.7 Å². The number of likely N-dealkylation sites (N-methyl/N-ethyl adjacent to an activating group) is 1. The maximum atomic E-state index is 13.1. The largest absolute Gasteiger partial charge is 0.435 e. The fourth-order valence-electron chi connectivity index (χ4n) is 3.11. The minimum absolute atomic E-state index is 0.0302. The molecule has 1 atom stereocenters. The number of allylic oxidation sites excluding steroid dienone is 1. The van der Waals surface area contributed by atoms with Gasteiger partial charge in [-0.15, -0.1) is 0 Å². The van der Waals surface area contributed by atoms with Crippen LogP contribution < -0.4 is 10.5 Å². The van der Waals surface area contributed by atoms with Crippen LogP contribution in [0.15, 0.2) is 59.6 Å². The van der Waals surface area contributed by atoms with E-state index in [1.54, 1.807) is 30.3 Å². The molecule has 8 heteroatoms. The lowest BCUT2D eigenvalue weighted by molar-refractivity contribution is -0.129. The highest BCUT2D eigenvalue weighted by molar-refractivity contribution is 6.09. The van der Waals surface area contributed by atoms with E-state index in [4.69, 9.17) is 5.73 Å². The van der Waals surface area contributed by atoms with Crippen LogP contribution in [0.25, 0.3) is 6.08 Å². The number of aliphatic imine (C=N–C) groups is 1. The minimum Gasteiger partial charge on any atom is -0.435 e. The summed E-state index contributed by atoms with van der Waals surface area (Å²) in [6, 6.07) is 12.6. The monoisotopic (exact) mass is 389 g/mol. The lowest BCUT2D eigenvalue weighted by Crippen LogP contribution is -2.41. The van der Waals surface area contributed by atoms with E-state index in [1.807, 2.05) is 0 Å². The van der Waals surface area contributed by atoms with Gasteiger partial charge in [0.25, 0.3) is 5.91 Å². The first kappa shape index (κ1) is 19.5. The van der Waals surface area contributed by atoms with Gasteiger partial charge in [0, 0.05) is 7.05 Å². The summed E-state index contributed by atoms with van der Waals surface area (Å²) in [6.07, 6.45) is 2.94. The van der Waals surface area contributed by atoms with Crippen molar-refractivity contribution in [3.8, 4) is 5.75 Å². The number of halogens is 3. The molecule has 1 unspecified atom stereocenters. The second-order valence-electron chi connectivity index (χ2n) is 6.13. The number of nitrogens with zero attached hydrogens (tertiary/aromatic N) is 2. The molecule has 5 nitrogen and oxygen atoms in total. The molecule has 2 aromatic carbocycles. The van der Waals surface area contributed by atoms with Gasteiger partial charge >= 0.3 is 6.61 Å². The summed E-state index contributed by atoms with van der Waals surface area (Å²) in [7, 11) is 1.50. The first-order valence-corrected chi connectivity index (χ1v) is 8.40. The topological polar surface area (TPSA) is 67.9 Å². The van der Waals surface area contributed by atoms with Gasteiger partial charge in [-0.2, -0.15) is 8.78 Å². The highest BCUT2D eigenvalue weighted by Crippen LogP contribution is 2.40. The van der Waals surface area contributed by atoms with E-state index in [0.717, 1.165) is 0 Å². The van der Waals surface area contributed by atoms with Crippen molar-refractivity contribution in [3.05, 3.63) is 71.3 Å². The van der Waals surface area contributed by atoms with E-state index in [-0.39, 0.29) is 17.6 Å². The Bertz CT molecular complexity index is 929. The third-order valence-corrected chi connectivity index (χ3v) is 4.44. The van der Waals surface area contributed by atoms with Crippen LogP contribution in [-0.2, 0) is 10.3 Å². The molecule has 1 aliphatic rings. The molecule has 1 heterocycles. The fraction of sp³-hybridized carbons (Fsp3) is 0.200. The molecule has 0 radical (unpaired) electrons. The first-order chi connectivity index (χ1) is 13.4. The molecule has 28 heavy (non-hydrogen) atoms. The maximum absolute atomic E-state index is 13.1. The second-order valence-corrected chi connectivity index (χ2v) is 6.13. The SMILES string of the molecule is CN1C(=O)C(c2ccc(OC(F)F)cc2)(c2cccc(/C=C/CF)c2)N=C1N. The van der Waals surface area contributed by atoms with Crippen molar-refractivity contribution in [1.82, 2.24) is 4.90 Å². The molecular formula is C20H18F3N3O2. The number of carbonyl (C=O) groups is 1. The summed E-state index contributed by atoms with van der Waals surface area (Å²) < 4.78 is 41.7. The third-order valence-electron chi connectivity index (χ3n) is 4.44. The number of rotatable bonds is 6. The lowest BCUT2D eigenvalue weighted by atomic mass is 9.82. The van der Waals surface area contributed by atoms with Crippen LogP contribution in [0.2, 0.25) is 0 Å². The van der Waals surface area contributed by atoms with Crippen molar-refractivity contribution in [2.45, 2.75) is 12.2 Å². The predicted octanol–water partition coefficient (Wildman–Crippen LogP) is 3.30. The van der Waals surface area contributed by atoms with E-state index < -0.39 is 18.8 Å². The highest BCUT2D eigenvalue weighted by atomic mass is 19.3. The first-order valence-electron chi connectivity index (χ1n) is 8.40. The Hall–Kier alpha value is -3.29. The molecule has 0 bridgehead atoms. The van der Waals surface area contributed by atoms with Crippen LogP contribution in [0.1, 0.15) is 16.7 Å². The zero-order valence-electron chi connectivity index (χ0n) is 15.0. The van der Waals surface area contributed by atoms with Crippen LogP contribution >= 0.6 is 0 Å². The van der Waals surface area contributed by atoms with E-state index in [2.05, 4.69) is 9.73 Å². The molecular weight excluding hydrogens is 371 g/mol. The maximum Gasteiger partial charge on any atom is 0.387 e. The Morgan fingerprint density at radius 2 is 1.93 bits per heavy atom. The number of nitrogens with two attached hydrogens (primary N) is 1. The smallest absolute Gasteiger partial charge is 0.387 e. The average Bonchev–Trinajstić information content (AvgIpc) is 2.92. The quantitative estimate of drug-likeness (QED) is 0.824. The molecule has 1 amide bonds. The zero-order chi connectivity index (χ0) is 20.3. The summed E-state index contributed by atoms with van der Waals surface area (Å²) >= 11 is 0. The van der Waals surface area contributed by atoms with Gasteiger partial charge in [0.2, 0.25) is 0 Å². The van der Waals surface area contributed by atoms with E-state index >= 15 is 0 Å². The van der Waals surface area contributed by atoms with Gasteiger partial charge in [-0.25, -0.2) is 9.38 Å². The van der Waals surface area contributed by atoms with Crippen molar-refractivity contribution in [1.29, 1.82) is 0 Å². The summed E-state index contributed by atoms with van der Waals surface area (Å²) in [5.41, 5.74) is 6.08. The summed E-state index contributed by atoms with van der Waals surface area (Å²) in [6.45, 7) is -3.57. The molecule has 0 spiro atoms. The molecule has 0 aromatic heterocycles. The third kappa shape index (κ3) is 3.45. The molecule has 2 aromatic rings. The number of hydrogen-bond donors (Lipinski definition) is 1. The summed E-state index contributed by atoms with van der Waals surface area (Å²) in [4.78, 5) is 18.8. The highest BCUT2D eigenvalue weighted by Gasteiger charge is 2.49. The van der Waals surface area contributed by atoms with Crippen LogP contribution in [0, 0.1) is 0 Å². The van der Waals surface area contributed by atoms with Gasteiger partial charge in [-0.3, -0.25) is 9.69 Å². The second kappa shape index (κ2) is 7.75. The molecule has 0 saturated carbocycles. The van der Waals surface area contributed by atoms with Gasteiger partial charge in [-0.05, 0) is 34.9 Å². The van der Waals surface area contributed by atoms with Gasteiger partial charge in [0.1, 0.15) is 12.4 Å². The molecule has 0 aliphatic carbocycles. The molecule has 3 rings (SSSR count). The van der Waals surface area contributed by atoms with Gasteiger partial charge in [0.15, 0.2) is 11.5 Å². The lowest BCUT2D eigenvalue weighted by Gasteiger charge is -2.26. The molecule has 1 aliphatic heterocycles. The van der Waals surface area contributed by atoms with Gasteiger partial charge in [-0.1, -0.05) is 42.5 Å². The Balaban J connectivity index is 2.13. The molecule has 146 valence electrons. The van der Waals surface area contributed by atoms with Gasteiger partial charge in [0.05, 0.1) is 0 Å². The van der Waals surface area contributed by atoms with Crippen molar-refractivity contribution in [2.75, 3.05) is 13.7 Å². The number of carbonyl (C=O) groups excluding carboxylic acids is 1. The number of ether oxygens (including phenoxy) is 1. The number of amides is 1. The summed E-state index contributed by atoms with van der Waals surface area (Å²) in [5, 5.41) is 0. The molecule has 2 N–H and O–H groups in total. The fourth-order valence-corrected chi connectivity index (χ4v) is 3.11. The standard InChI is InChI=1S/C20H18F3N3O2/c1-26-17(27)20(25-19(26)24,14-7-9-16(10-8-14)28-18(22)23)15-6-2-4-13(12-15)5-3-11-21/h2-10,12,18H,11H2,1H3,(H2,24,25)/b5-3+. The van der Waals surface area contributed by atoms with E-state index in [1.165, 1.54) is 42.3 Å². The normalized spacial score (nSPS) is 19.5. The van der Waals surface area contributed by atoms with Crippen LogP contribution in [0.4, 0.5) is 13.2 Å². The number of alkyl halides is 3. The van der Waals surface area contributed by atoms with Crippen LogP contribution in [0.3, 0.4) is 0 Å².